The van der Waals surface area contributed by atoms with Gasteiger partial charge in [-0.15, -0.1) is 0 Å². The first-order valence-corrected chi connectivity index (χ1v) is 11.1. The summed E-state index contributed by atoms with van der Waals surface area (Å²) < 4.78 is 10.5. The summed E-state index contributed by atoms with van der Waals surface area (Å²) in [5, 5.41) is 7.41. The quantitative estimate of drug-likeness (QED) is 0.282. The molecule has 0 fully saturated rings. The molecule has 8 heteroatoms. The number of anilines is 2. The highest BCUT2D eigenvalue weighted by Gasteiger charge is 2.35. The zero-order valence-corrected chi connectivity index (χ0v) is 19.7. The maximum absolute atomic E-state index is 13.6. The molecule has 0 aromatic heterocycles. The minimum Gasteiger partial charge on any atom is -0.497 e. The molecule has 2 atom stereocenters. The number of rotatable bonds is 10. The SMILES string of the molecule is CCOC(=O)[C@H](Nc1ccc(Cl)cc1)[C@H](Nc1ccc(Cl)cc1)C(=O)c1ccc(OC)cc1. The third-order valence-corrected chi connectivity index (χ3v) is 5.37. The van der Waals surface area contributed by atoms with Crippen molar-refractivity contribution >= 4 is 46.3 Å². The van der Waals surface area contributed by atoms with E-state index in [2.05, 4.69) is 10.6 Å². The molecule has 2 N–H and O–H groups in total. The van der Waals surface area contributed by atoms with Crippen molar-refractivity contribution in [2.24, 2.45) is 0 Å². The van der Waals surface area contributed by atoms with Gasteiger partial charge in [-0.05, 0) is 79.7 Å². The van der Waals surface area contributed by atoms with Crippen molar-refractivity contribution in [2.75, 3.05) is 24.4 Å². The van der Waals surface area contributed by atoms with E-state index in [-0.39, 0.29) is 12.4 Å². The van der Waals surface area contributed by atoms with Gasteiger partial charge in [0.25, 0.3) is 0 Å². The van der Waals surface area contributed by atoms with Crippen LogP contribution >= 0.6 is 23.2 Å². The summed E-state index contributed by atoms with van der Waals surface area (Å²) in [6, 6.07) is 18.4. The van der Waals surface area contributed by atoms with Gasteiger partial charge in [0.1, 0.15) is 11.8 Å². The molecule has 33 heavy (non-hydrogen) atoms. The Kier molecular flexibility index (Phi) is 8.58. The zero-order valence-electron chi connectivity index (χ0n) is 18.2. The van der Waals surface area contributed by atoms with Crippen LogP contribution in [0.1, 0.15) is 17.3 Å². The third kappa shape index (κ3) is 6.63. The van der Waals surface area contributed by atoms with Crippen LogP contribution in [0.2, 0.25) is 10.0 Å². The van der Waals surface area contributed by atoms with E-state index in [4.69, 9.17) is 32.7 Å². The van der Waals surface area contributed by atoms with E-state index in [1.807, 2.05) is 0 Å². The number of Topliss-reactive ketones (excluding diaryl/α,β-unsaturated/α-hetero) is 1. The molecule has 0 radical (unpaired) electrons. The van der Waals surface area contributed by atoms with Crippen molar-refractivity contribution in [1.82, 2.24) is 0 Å². The molecule has 3 rings (SSSR count). The highest BCUT2D eigenvalue weighted by molar-refractivity contribution is 6.30. The molecule has 0 saturated carbocycles. The summed E-state index contributed by atoms with van der Waals surface area (Å²) in [7, 11) is 1.55. The van der Waals surface area contributed by atoms with Crippen LogP contribution < -0.4 is 15.4 Å². The highest BCUT2D eigenvalue weighted by Crippen LogP contribution is 2.22. The van der Waals surface area contributed by atoms with Gasteiger partial charge in [0, 0.05) is 27.0 Å². The van der Waals surface area contributed by atoms with Gasteiger partial charge in [0.05, 0.1) is 13.7 Å². The van der Waals surface area contributed by atoms with E-state index in [1.165, 1.54) is 0 Å². The van der Waals surface area contributed by atoms with Gasteiger partial charge in [-0.25, -0.2) is 4.79 Å². The van der Waals surface area contributed by atoms with Crippen molar-refractivity contribution in [1.29, 1.82) is 0 Å². The Morgan fingerprint density at radius 1 is 0.788 bits per heavy atom. The lowest BCUT2D eigenvalue weighted by atomic mass is 9.96. The number of hydrogen-bond donors (Lipinski definition) is 2. The lowest BCUT2D eigenvalue weighted by Gasteiger charge is -2.28. The molecule has 6 nitrogen and oxygen atoms in total. The molecule has 0 aliphatic heterocycles. The summed E-state index contributed by atoms with van der Waals surface area (Å²) in [6.07, 6.45) is 0. The van der Waals surface area contributed by atoms with Crippen LogP contribution in [-0.2, 0) is 9.53 Å². The van der Waals surface area contributed by atoms with Gasteiger partial charge in [0.15, 0.2) is 11.8 Å². The lowest BCUT2D eigenvalue weighted by Crippen LogP contribution is -2.50. The Morgan fingerprint density at radius 3 is 1.73 bits per heavy atom. The average molecular weight is 487 g/mol. The molecule has 0 spiro atoms. The predicted molar refractivity (Wildman–Crippen MR) is 132 cm³/mol. The Morgan fingerprint density at radius 2 is 1.27 bits per heavy atom. The Labute approximate surface area is 202 Å². The van der Waals surface area contributed by atoms with E-state index in [0.29, 0.717) is 32.7 Å². The van der Waals surface area contributed by atoms with Gasteiger partial charge in [-0.3, -0.25) is 4.79 Å². The van der Waals surface area contributed by atoms with E-state index in [0.717, 1.165) is 0 Å². The summed E-state index contributed by atoms with van der Waals surface area (Å²) >= 11 is 12.0. The molecule has 0 heterocycles. The smallest absolute Gasteiger partial charge is 0.331 e. The number of ketones is 1. The van der Waals surface area contributed by atoms with Crippen molar-refractivity contribution in [3.05, 3.63) is 88.4 Å². The topological polar surface area (TPSA) is 76.7 Å². The van der Waals surface area contributed by atoms with Crippen LogP contribution in [0.25, 0.3) is 0 Å². The second kappa shape index (κ2) is 11.6. The molecule has 172 valence electrons. The standard InChI is InChI=1S/C25H24Cl2N2O4/c1-3-33-25(31)23(29-20-12-8-18(27)9-13-20)22(28-19-10-6-17(26)7-11-19)24(30)16-4-14-21(32-2)15-5-16/h4-15,22-23,28-29H,3H2,1-2H3/t22-,23+/m0/s1. The maximum Gasteiger partial charge on any atom is 0.331 e. The number of carbonyl (C=O) groups is 2. The van der Waals surface area contributed by atoms with E-state index in [1.54, 1.807) is 86.8 Å². The van der Waals surface area contributed by atoms with E-state index < -0.39 is 18.1 Å². The lowest BCUT2D eigenvalue weighted by molar-refractivity contribution is -0.144. The molecule has 3 aromatic carbocycles. The van der Waals surface area contributed by atoms with Crippen molar-refractivity contribution < 1.29 is 19.1 Å². The van der Waals surface area contributed by atoms with Crippen molar-refractivity contribution in [2.45, 2.75) is 19.0 Å². The normalized spacial score (nSPS) is 12.4. The van der Waals surface area contributed by atoms with Gasteiger partial charge in [0.2, 0.25) is 0 Å². The van der Waals surface area contributed by atoms with Crippen molar-refractivity contribution in [3.63, 3.8) is 0 Å². The van der Waals surface area contributed by atoms with Gasteiger partial charge in [-0.2, -0.15) is 0 Å². The van der Waals surface area contributed by atoms with Crippen molar-refractivity contribution in [3.8, 4) is 5.75 Å². The molecule has 0 aliphatic rings. The second-order valence-corrected chi connectivity index (χ2v) is 7.98. The maximum atomic E-state index is 13.6. The molecular formula is C25H24Cl2N2O4. The molecule has 0 bridgehead atoms. The second-order valence-electron chi connectivity index (χ2n) is 7.10. The number of benzene rings is 3. The van der Waals surface area contributed by atoms with Gasteiger partial charge in [-0.1, -0.05) is 23.2 Å². The largest absolute Gasteiger partial charge is 0.497 e. The summed E-state index contributed by atoms with van der Waals surface area (Å²) in [4.78, 5) is 26.6. The van der Waals surface area contributed by atoms with Crippen LogP contribution in [0, 0.1) is 0 Å². The summed E-state index contributed by atoms with van der Waals surface area (Å²) in [5.41, 5.74) is 1.65. The highest BCUT2D eigenvalue weighted by atomic mass is 35.5. The number of ether oxygens (including phenoxy) is 2. The van der Waals surface area contributed by atoms with Crippen LogP contribution in [0.15, 0.2) is 72.8 Å². The van der Waals surface area contributed by atoms with Crippen LogP contribution in [0.5, 0.6) is 5.75 Å². The van der Waals surface area contributed by atoms with Crippen LogP contribution in [0.3, 0.4) is 0 Å². The van der Waals surface area contributed by atoms with Crippen LogP contribution in [0.4, 0.5) is 11.4 Å². The fourth-order valence-corrected chi connectivity index (χ4v) is 3.45. The zero-order chi connectivity index (χ0) is 23.8. The number of halogens is 2. The summed E-state index contributed by atoms with van der Waals surface area (Å²) in [5.74, 6) is -0.247. The first-order valence-electron chi connectivity index (χ1n) is 10.3. The molecule has 0 unspecified atom stereocenters. The Bertz CT molecular complexity index is 1070. The number of nitrogens with one attached hydrogen (secondary N) is 2. The average Bonchev–Trinajstić information content (AvgIpc) is 2.83. The van der Waals surface area contributed by atoms with Crippen LogP contribution in [-0.4, -0.2) is 37.6 Å². The molecule has 0 saturated heterocycles. The monoisotopic (exact) mass is 486 g/mol. The Balaban J connectivity index is 2.00. The number of methoxy groups -OCH3 is 1. The summed E-state index contributed by atoms with van der Waals surface area (Å²) in [6.45, 7) is 1.88. The Hall–Kier alpha value is -3.22. The van der Waals surface area contributed by atoms with Gasteiger partial charge >= 0.3 is 5.97 Å². The molecule has 0 amide bonds. The van der Waals surface area contributed by atoms with Gasteiger partial charge < -0.3 is 20.1 Å². The minimum atomic E-state index is -1.03. The van der Waals surface area contributed by atoms with E-state index in [9.17, 15) is 9.59 Å². The van der Waals surface area contributed by atoms with E-state index >= 15 is 0 Å². The predicted octanol–water partition coefficient (Wildman–Crippen LogP) is 5.71. The number of carbonyl (C=O) groups excluding carboxylic acids is 2. The molecule has 0 aliphatic carbocycles. The number of hydrogen-bond acceptors (Lipinski definition) is 6. The fraction of sp³-hybridized carbons (Fsp3) is 0.200. The molecular weight excluding hydrogens is 463 g/mol. The first kappa shape index (κ1) is 24.4. The first-order chi connectivity index (χ1) is 15.9. The minimum absolute atomic E-state index is 0.169. The third-order valence-electron chi connectivity index (χ3n) is 4.86. The fourth-order valence-electron chi connectivity index (χ4n) is 3.20. The number of esters is 1. The molecule has 3 aromatic rings.